The number of benzene rings is 1. The van der Waals surface area contributed by atoms with Gasteiger partial charge in [-0.2, -0.15) is 0 Å². The average molecular weight is 177 g/mol. The zero-order valence-corrected chi connectivity index (χ0v) is 7.25. The van der Waals surface area contributed by atoms with Crippen LogP contribution in [-0.2, 0) is 7.05 Å². The van der Waals surface area contributed by atoms with Crippen LogP contribution in [-0.4, -0.2) is 27.3 Å². The molecule has 1 aromatic carbocycles. The van der Waals surface area contributed by atoms with Gasteiger partial charge in [-0.1, -0.05) is 12.1 Å². The lowest BCUT2D eigenvalue weighted by Gasteiger charge is -1.90. The van der Waals surface area contributed by atoms with E-state index in [1.807, 2.05) is 36.1 Å². The highest BCUT2D eigenvalue weighted by molar-refractivity contribution is 6.13. The summed E-state index contributed by atoms with van der Waals surface area (Å²) in [6, 6.07) is 8.08. The van der Waals surface area contributed by atoms with Crippen LogP contribution >= 0.6 is 0 Å². The highest BCUT2D eigenvalue weighted by Crippen LogP contribution is 2.08. The molecule has 1 heterocycles. The van der Waals surface area contributed by atoms with Crippen LogP contribution in [0.3, 0.4) is 0 Å². The molecule has 0 bridgehead atoms. The minimum Gasteiger partial charge on any atom is -0.429 e. The maximum atomic E-state index is 7.00. The van der Waals surface area contributed by atoms with Gasteiger partial charge in [0.1, 0.15) is 0 Å². The molecule has 5 heteroatoms. The van der Waals surface area contributed by atoms with Crippen LogP contribution in [0.1, 0.15) is 0 Å². The van der Waals surface area contributed by atoms with Crippen molar-refractivity contribution in [3.63, 3.8) is 0 Å². The fourth-order valence-electron chi connectivity index (χ4n) is 1.08. The second-order valence-corrected chi connectivity index (χ2v) is 2.46. The smallest absolute Gasteiger partial charge is 0.429 e. The van der Waals surface area contributed by atoms with Gasteiger partial charge in [-0.25, -0.2) is 4.98 Å². The largest absolute Gasteiger partial charge is 0.482 e. The van der Waals surface area contributed by atoms with Crippen LogP contribution in [0.4, 0.5) is 0 Å². The summed E-state index contributed by atoms with van der Waals surface area (Å²) in [6.07, 6.45) is 1.82. The minimum absolute atomic E-state index is 0. The fourth-order valence-corrected chi connectivity index (χ4v) is 1.08. The quantitative estimate of drug-likeness (QED) is 0.560. The Morgan fingerprint density at radius 2 is 1.92 bits per heavy atom. The molecule has 67 valence electrons. The molecule has 0 spiro atoms. The Morgan fingerprint density at radius 3 is 2.54 bits per heavy atom. The van der Waals surface area contributed by atoms with Crippen molar-refractivity contribution in [3.8, 4) is 0 Å². The Balaban J connectivity index is 0.000000251. The number of hydrogen-bond donors (Lipinski definition) is 2. The molecular formula is C8H10BN2O2. The number of para-hydroxylation sites is 2. The van der Waals surface area contributed by atoms with E-state index in [9.17, 15) is 0 Å². The van der Waals surface area contributed by atoms with Gasteiger partial charge in [0.15, 0.2) is 0 Å². The van der Waals surface area contributed by atoms with Crippen LogP contribution in [0.15, 0.2) is 30.6 Å². The predicted molar refractivity (Wildman–Crippen MR) is 50.9 cm³/mol. The molecular weight excluding hydrogens is 167 g/mol. The molecule has 2 aromatic rings. The predicted octanol–water partition coefficient (Wildman–Crippen LogP) is 0.0785. The van der Waals surface area contributed by atoms with E-state index in [2.05, 4.69) is 11.1 Å². The third kappa shape index (κ3) is 2.30. The summed E-state index contributed by atoms with van der Waals surface area (Å²) in [5, 5.41) is 14.0. The van der Waals surface area contributed by atoms with E-state index < -0.39 is 0 Å². The second-order valence-electron chi connectivity index (χ2n) is 2.46. The zero-order chi connectivity index (χ0) is 9.68. The Hall–Kier alpha value is -1.33. The van der Waals surface area contributed by atoms with Crippen molar-refractivity contribution in [2.45, 2.75) is 0 Å². The Kier molecular flexibility index (Phi) is 3.48. The highest BCUT2D eigenvalue weighted by Gasteiger charge is 1.93. The number of imidazole rings is 1. The SMILES string of the molecule is Cn1cnc2ccccc21.O[B]O. The molecule has 4 nitrogen and oxygen atoms in total. The molecule has 0 saturated heterocycles. The van der Waals surface area contributed by atoms with Crippen molar-refractivity contribution in [1.82, 2.24) is 9.55 Å². The summed E-state index contributed by atoms with van der Waals surface area (Å²) in [5.74, 6) is 0. The molecule has 0 aliphatic rings. The lowest BCUT2D eigenvalue weighted by atomic mass is 10.3. The van der Waals surface area contributed by atoms with Gasteiger partial charge in [-0.05, 0) is 12.1 Å². The van der Waals surface area contributed by atoms with Gasteiger partial charge in [0.05, 0.1) is 17.4 Å². The number of aromatic nitrogens is 2. The van der Waals surface area contributed by atoms with E-state index in [4.69, 9.17) is 10.0 Å². The monoisotopic (exact) mass is 177 g/mol. The summed E-state index contributed by atoms with van der Waals surface area (Å²) >= 11 is 0. The maximum Gasteiger partial charge on any atom is 0.482 e. The summed E-state index contributed by atoms with van der Waals surface area (Å²) in [7, 11) is 2.00. The summed E-state index contributed by atoms with van der Waals surface area (Å²) < 4.78 is 2.01. The van der Waals surface area contributed by atoms with E-state index in [1.165, 1.54) is 5.52 Å². The van der Waals surface area contributed by atoms with Gasteiger partial charge >= 0.3 is 7.69 Å². The highest BCUT2D eigenvalue weighted by atomic mass is 16.4. The molecule has 1 radical (unpaired) electrons. The van der Waals surface area contributed by atoms with Crippen molar-refractivity contribution in [2.24, 2.45) is 7.05 Å². The van der Waals surface area contributed by atoms with Crippen molar-refractivity contribution in [1.29, 1.82) is 0 Å². The number of aryl methyl sites for hydroxylation is 1. The van der Waals surface area contributed by atoms with Crippen LogP contribution < -0.4 is 0 Å². The van der Waals surface area contributed by atoms with Gasteiger partial charge in [0, 0.05) is 7.05 Å². The number of nitrogens with zero attached hydrogens (tertiary/aromatic N) is 2. The van der Waals surface area contributed by atoms with Crippen LogP contribution in [0, 0.1) is 0 Å². The van der Waals surface area contributed by atoms with Crippen molar-refractivity contribution < 1.29 is 10.0 Å². The maximum absolute atomic E-state index is 7.00. The van der Waals surface area contributed by atoms with Gasteiger partial charge in [-0.15, -0.1) is 0 Å². The molecule has 0 fully saturated rings. The Morgan fingerprint density at radius 1 is 1.31 bits per heavy atom. The lowest BCUT2D eigenvalue weighted by molar-refractivity contribution is 0.448. The molecule has 1 aromatic heterocycles. The number of fused-ring (bicyclic) bond motifs is 1. The topological polar surface area (TPSA) is 58.3 Å². The van der Waals surface area contributed by atoms with E-state index in [-0.39, 0.29) is 7.69 Å². The summed E-state index contributed by atoms with van der Waals surface area (Å²) in [4.78, 5) is 4.18. The first-order valence-electron chi connectivity index (χ1n) is 3.75. The third-order valence-corrected chi connectivity index (χ3v) is 1.63. The van der Waals surface area contributed by atoms with Crippen LogP contribution in [0.25, 0.3) is 11.0 Å². The first-order chi connectivity index (χ1) is 6.29. The second kappa shape index (κ2) is 4.64. The Bertz CT molecular complexity index is 375. The van der Waals surface area contributed by atoms with E-state index in [0.717, 1.165) is 5.52 Å². The van der Waals surface area contributed by atoms with Gasteiger partial charge in [-0.3, -0.25) is 0 Å². The molecule has 0 aliphatic carbocycles. The minimum atomic E-state index is 0. The molecule has 0 amide bonds. The molecule has 0 aliphatic heterocycles. The summed E-state index contributed by atoms with van der Waals surface area (Å²) in [6.45, 7) is 0. The van der Waals surface area contributed by atoms with Gasteiger partial charge in [0.2, 0.25) is 0 Å². The molecule has 2 rings (SSSR count). The van der Waals surface area contributed by atoms with Gasteiger partial charge < -0.3 is 14.6 Å². The van der Waals surface area contributed by atoms with Crippen molar-refractivity contribution in [3.05, 3.63) is 30.6 Å². The lowest BCUT2D eigenvalue weighted by Crippen LogP contribution is -1.81. The van der Waals surface area contributed by atoms with Crippen molar-refractivity contribution >= 4 is 18.7 Å². The van der Waals surface area contributed by atoms with Gasteiger partial charge in [0.25, 0.3) is 0 Å². The molecule has 0 atom stereocenters. The molecule has 13 heavy (non-hydrogen) atoms. The normalized spacial score (nSPS) is 9.15. The molecule has 0 unspecified atom stereocenters. The average Bonchev–Trinajstić information content (AvgIpc) is 2.50. The number of rotatable bonds is 0. The Labute approximate surface area is 76.8 Å². The first-order valence-corrected chi connectivity index (χ1v) is 3.75. The summed E-state index contributed by atoms with van der Waals surface area (Å²) in [5.41, 5.74) is 2.24. The van der Waals surface area contributed by atoms with Crippen LogP contribution in [0.2, 0.25) is 0 Å². The van der Waals surface area contributed by atoms with E-state index >= 15 is 0 Å². The zero-order valence-electron chi connectivity index (χ0n) is 7.25. The standard InChI is InChI=1S/C8H8N2.BH2O2/c1-10-6-9-7-4-2-3-5-8(7)10;2-1-3/h2-6H,1H3;2-3H. The molecule has 2 N–H and O–H groups in total. The van der Waals surface area contributed by atoms with Crippen LogP contribution in [0.5, 0.6) is 0 Å². The van der Waals surface area contributed by atoms with E-state index in [1.54, 1.807) is 0 Å². The number of hydrogen-bond acceptors (Lipinski definition) is 3. The van der Waals surface area contributed by atoms with E-state index in [0.29, 0.717) is 0 Å². The molecule has 0 saturated carbocycles. The third-order valence-electron chi connectivity index (χ3n) is 1.63. The fraction of sp³-hybridized carbons (Fsp3) is 0.125. The first kappa shape index (κ1) is 9.76. The van der Waals surface area contributed by atoms with Crippen molar-refractivity contribution in [2.75, 3.05) is 0 Å².